The standard InChI is InChI=1S/C12H15OSi/c1-5-9-7-6-8-10(11(9)13-14)12(2,3)4/h5-8H,1H2,2-4H3. The third-order valence-corrected chi connectivity index (χ3v) is 2.38. The number of para-hydroxylation sites is 1. The molecule has 0 amide bonds. The SMILES string of the molecule is C=Cc1cccc(C(C)(C)C)c1O[Si]. The van der Waals surface area contributed by atoms with Crippen molar-refractivity contribution in [2.75, 3.05) is 0 Å². The number of rotatable bonds is 2. The van der Waals surface area contributed by atoms with Crippen molar-refractivity contribution in [1.82, 2.24) is 0 Å². The van der Waals surface area contributed by atoms with Crippen LogP contribution in [-0.2, 0) is 5.41 Å². The van der Waals surface area contributed by atoms with Gasteiger partial charge in [0, 0.05) is 5.56 Å². The van der Waals surface area contributed by atoms with Gasteiger partial charge in [-0.15, -0.1) is 0 Å². The van der Waals surface area contributed by atoms with Gasteiger partial charge in [-0.25, -0.2) is 0 Å². The highest BCUT2D eigenvalue weighted by Crippen LogP contribution is 2.34. The predicted molar refractivity (Wildman–Crippen MR) is 61.6 cm³/mol. The Balaban J connectivity index is 3.36. The summed E-state index contributed by atoms with van der Waals surface area (Å²) in [6.07, 6.45) is 1.80. The number of hydrogen-bond donors (Lipinski definition) is 0. The highest BCUT2D eigenvalue weighted by molar-refractivity contribution is 6.00. The first-order valence-electron chi connectivity index (χ1n) is 4.60. The van der Waals surface area contributed by atoms with Crippen molar-refractivity contribution in [3.63, 3.8) is 0 Å². The van der Waals surface area contributed by atoms with Gasteiger partial charge in [-0.3, -0.25) is 0 Å². The summed E-state index contributed by atoms with van der Waals surface area (Å²) in [5, 5.41) is 0. The zero-order chi connectivity index (χ0) is 10.8. The number of benzene rings is 1. The molecule has 1 aromatic carbocycles. The van der Waals surface area contributed by atoms with Crippen LogP contribution in [0.5, 0.6) is 5.75 Å². The molecule has 0 bridgehead atoms. The fourth-order valence-corrected chi connectivity index (χ4v) is 1.65. The maximum Gasteiger partial charge on any atom is 0.341 e. The van der Waals surface area contributed by atoms with Crippen molar-refractivity contribution < 1.29 is 4.43 Å². The summed E-state index contributed by atoms with van der Waals surface area (Å²) in [7, 11) is 3.09. The van der Waals surface area contributed by atoms with Gasteiger partial charge in [-0.2, -0.15) is 0 Å². The molecule has 0 aliphatic rings. The molecule has 0 N–H and O–H groups in total. The molecular weight excluding hydrogens is 188 g/mol. The summed E-state index contributed by atoms with van der Waals surface area (Å²) < 4.78 is 5.23. The Hall–Kier alpha value is -1.02. The van der Waals surface area contributed by atoms with Crippen LogP contribution in [0.1, 0.15) is 31.9 Å². The smallest absolute Gasteiger partial charge is 0.341 e. The van der Waals surface area contributed by atoms with Crippen LogP contribution in [0.2, 0.25) is 0 Å². The van der Waals surface area contributed by atoms with Crippen molar-refractivity contribution in [1.29, 1.82) is 0 Å². The molecule has 0 heterocycles. The van der Waals surface area contributed by atoms with Crippen LogP contribution in [0.25, 0.3) is 6.08 Å². The summed E-state index contributed by atoms with van der Waals surface area (Å²) in [4.78, 5) is 0. The van der Waals surface area contributed by atoms with E-state index >= 15 is 0 Å². The van der Waals surface area contributed by atoms with Crippen molar-refractivity contribution >= 4 is 16.6 Å². The Morgan fingerprint density at radius 2 is 2.00 bits per heavy atom. The molecule has 14 heavy (non-hydrogen) atoms. The zero-order valence-corrected chi connectivity index (χ0v) is 9.92. The van der Waals surface area contributed by atoms with Gasteiger partial charge in [-0.1, -0.05) is 51.6 Å². The van der Waals surface area contributed by atoms with Gasteiger partial charge >= 0.3 is 10.5 Å². The van der Waals surface area contributed by atoms with Crippen molar-refractivity contribution in [2.45, 2.75) is 26.2 Å². The molecule has 1 nitrogen and oxygen atoms in total. The van der Waals surface area contributed by atoms with Crippen LogP contribution in [0.15, 0.2) is 24.8 Å². The summed E-state index contributed by atoms with van der Waals surface area (Å²) in [5.41, 5.74) is 2.25. The molecule has 1 rings (SSSR count). The van der Waals surface area contributed by atoms with Gasteiger partial charge < -0.3 is 4.43 Å². The highest BCUT2D eigenvalue weighted by atomic mass is 28.2. The second kappa shape index (κ2) is 4.01. The monoisotopic (exact) mass is 203 g/mol. The molecule has 0 aromatic heterocycles. The van der Waals surface area contributed by atoms with Crippen LogP contribution in [-0.4, -0.2) is 10.5 Å². The molecule has 0 saturated carbocycles. The topological polar surface area (TPSA) is 9.23 Å². The fourth-order valence-electron chi connectivity index (χ4n) is 1.42. The minimum Gasteiger partial charge on any atom is -0.540 e. The lowest BCUT2D eigenvalue weighted by Gasteiger charge is -2.23. The van der Waals surface area contributed by atoms with E-state index in [0.717, 1.165) is 11.3 Å². The molecule has 0 spiro atoms. The van der Waals surface area contributed by atoms with Gasteiger partial charge in [0.1, 0.15) is 5.75 Å². The van der Waals surface area contributed by atoms with E-state index in [4.69, 9.17) is 4.43 Å². The largest absolute Gasteiger partial charge is 0.540 e. The summed E-state index contributed by atoms with van der Waals surface area (Å²) in [6.45, 7) is 10.2. The third kappa shape index (κ3) is 2.07. The quantitative estimate of drug-likeness (QED) is 0.671. The van der Waals surface area contributed by atoms with Gasteiger partial charge in [0.05, 0.1) is 0 Å². The second-order valence-corrected chi connectivity index (χ2v) is 4.48. The maximum absolute atomic E-state index is 5.23. The van der Waals surface area contributed by atoms with E-state index in [9.17, 15) is 0 Å². The van der Waals surface area contributed by atoms with E-state index in [1.165, 1.54) is 5.56 Å². The lowest BCUT2D eigenvalue weighted by atomic mass is 9.85. The van der Waals surface area contributed by atoms with Crippen LogP contribution in [0.3, 0.4) is 0 Å². The van der Waals surface area contributed by atoms with Crippen LogP contribution in [0.4, 0.5) is 0 Å². The first-order valence-corrected chi connectivity index (χ1v) is 5.01. The van der Waals surface area contributed by atoms with E-state index in [1.807, 2.05) is 12.1 Å². The summed E-state index contributed by atoms with van der Waals surface area (Å²) in [6, 6.07) is 6.08. The minimum atomic E-state index is 0.0704. The average Bonchev–Trinajstić information content (AvgIpc) is 2.15. The predicted octanol–water partition coefficient (Wildman–Crippen LogP) is 3.09. The lowest BCUT2D eigenvalue weighted by molar-refractivity contribution is 0.535. The Bertz CT molecular complexity index is 337. The molecule has 0 aliphatic heterocycles. The maximum atomic E-state index is 5.23. The second-order valence-electron chi connectivity index (χ2n) is 4.28. The molecule has 0 saturated heterocycles. The zero-order valence-electron chi connectivity index (χ0n) is 8.92. The first-order chi connectivity index (χ1) is 6.50. The average molecular weight is 203 g/mol. The Morgan fingerprint density at radius 3 is 2.43 bits per heavy atom. The molecule has 0 fully saturated rings. The van der Waals surface area contributed by atoms with Crippen LogP contribution >= 0.6 is 0 Å². The van der Waals surface area contributed by atoms with E-state index in [0.29, 0.717) is 0 Å². The third-order valence-electron chi connectivity index (χ3n) is 2.18. The Kier molecular flexibility index (Phi) is 3.16. The van der Waals surface area contributed by atoms with E-state index in [2.05, 4.69) is 43.9 Å². The van der Waals surface area contributed by atoms with Gasteiger partial charge in [0.2, 0.25) is 0 Å². The number of hydrogen-bond acceptors (Lipinski definition) is 1. The molecule has 2 heteroatoms. The summed E-state index contributed by atoms with van der Waals surface area (Å²) in [5.74, 6) is 0.853. The summed E-state index contributed by atoms with van der Waals surface area (Å²) >= 11 is 0. The minimum absolute atomic E-state index is 0.0704. The first kappa shape index (κ1) is 11.1. The molecule has 0 atom stereocenters. The molecule has 0 unspecified atom stereocenters. The molecule has 1 aromatic rings. The van der Waals surface area contributed by atoms with Gasteiger partial charge in [0.25, 0.3) is 0 Å². The fraction of sp³-hybridized carbons (Fsp3) is 0.333. The Labute approximate surface area is 89.3 Å². The highest BCUT2D eigenvalue weighted by Gasteiger charge is 2.19. The van der Waals surface area contributed by atoms with Crippen LogP contribution < -0.4 is 4.43 Å². The molecule has 0 aliphatic carbocycles. The molecule has 73 valence electrons. The van der Waals surface area contributed by atoms with E-state index in [1.54, 1.807) is 6.08 Å². The van der Waals surface area contributed by atoms with Crippen molar-refractivity contribution in [2.24, 2.45) is 0 Å². The van der Waals surface area contributed by atoms with E-state index < -0.39 is 0 Å². The van der Waals surface area contributed by atoms with Crippen LogP contribution in [0, 0.1) is 0 Å². The van der Waals surface area contributed by atoms with Crippen molar-refractivity contribution in [3.8, 4) is 5.75 Å². The van der Waals surface area contributed by atoms with Gasteiger partial charge in [0.15, 0.2) is 0 Å². The Morgan fingerprint density at radius 1 is 1.36 bits per heavy atom. The van der Waals surface area contributed by atoms with Gasteiger partial charge in [-0.05, 0) is 11.0 Å². The molecular formula is C12H15OSi. The molecule has 3 radical (unpaired) electrons. The lowest BCUT2D eigenvalue weighted by Crippen LogP contribution is -2.13. The normalized spacial score (nSPS) is 11.1. The van der Waals surface area contributed by atoms with Crippen molar-refractivity contribution in [3.05, 3.63) is 35.9 Å². The van der Waals surface area contributed by atoms with E-state index in [-0.39, 0.29) is 5.41 Å².